The Morgan fingerprint density at radius 1 is 1.12 bits per heavy atom. The second kappa shape index (κ2) is 5.46. The van der Waals surface area contributed by atoms with E-state index in [0.717, 1.165) is 49.9 Å². The first-order valence-corrected chi connectivity index (χ1v) is 9.29. The summed E-state index contributed by atoms with van der Waals surface area (Å²) in [6, 6.07) is 18.3. The van der Waals surface area contributed by atoms with Crippen LogP contribution in [0.25, 0.3) is 10.9 Å². The molecule has 2 aliphatic rings. The number of benzene rings is 2. The van der Waals surface area contributed by atoms with Crippen LogP contribution in [0.4, 0.5) is 5.82 Å². The Kier molecular flexibility index (Phi) is 3.22. The van der Waals surface area contributed by atoms with Crippen LogP contribution in [-0.4, -0.2) is 17.3 Å². The number of carbonyl (C=O) groups excluding carboxylic acids is 1. The van der Waals surface area contributed by atoms with Crippen LogP contribution >= 0.6 is 11.8 Å². The normalized spacial score (nSPS) is 18.8. The molecule has 122 valence electrons. The minimum absolute atomic E-state index is 0.161. The first-order chi connectivity index (χ1) is 12.3. The Hall–Kier alpha value is -2.59. The van der Waals surface area contributed by atoms with Gasteiger partial charge in [0.2, 0.25) is 0 Å². The summed E-state index contributed by atoms with van der Waals surface area (Å²) in [5, 5.41) is 2.18. The molecule has 2 heterocycles. The molecule has 0 N–H and O–H groups in total. The molecule has 0 saturated carbocycles. The fourth-order valence-corrected chi connectivity index (χ4v) is 4.89. The Labute approximate surface area is 150 Å². The Balaban J connectivity index is 1.66. The first kappa shape index (κ1) is 14.7. The highest BCUT2D eigenvalue weighted by molar-refractivity contribution is 8.03. The molecule has 3 aromatic rings. The smallest absolute Gasteiger partial charge is 0.192 e. The number of hydrogen-bond acceptors (Lipinski definition) is 4. The van der Waals surface area contributed by atoms with Crippen molar-refractivity contribution in [3.63, 3.8) is 0 Å². The first-order valence-electron chi connectivity index (χ1n) is 8.47. The van der Waals surface area contributed by atoms with E-state index in [4.69, 9.17) is 4.98 Å². The number of allylic oxidation sites excluding steroid dienone is 1. The average Bonchev–Trinajstić information content (AvgIpc) is 3.17. The number of nitrogens with zero attached hydrogens (tertiary/aromatic N) is 2. The van der Waals surface area contributed by atoms with Gasteiger partial charge in [0, 0.05) is 29.5 Å². The van der Waals surface area contributed by atoms with E-state index in [2.05, 4.69) is 30.0 Å². The Bertz CT molecular complexity index is 1070. The highest BCUT2D eigenvalue weighted by atomic mass is 32.2. The summed E-state index contributed by atoms with van der Waals surface area (Å²) in [6.07, 6.45) is 0.710. The maximum absolute atomic E-state index is 12.9. The van der Waals surface area contributed by atoms with E-state index in [0.29, 0.717) is 6.42 Å². The van der Waals surface area contributed by atoms with E-state index >= 15 is 0 Å². The molecule has 1 aliphatic heterocycles. The molecule has 1 aromatic heterocycles. The van der Waals surface area contributed by atoms with Gasteiger partial charge >= 0.3 is 0 Å². The summed E-state index contributed by atoms with van der Waals surface area (Å²) in [4.78, 5) is 21.1. The lowest BCUT2D eigenvalue weighted by Gasteiger charge is -2.18. The number of carbonyl (C=O) groups is 1. The minimum atomic E-state index is 0.161. The van der Waals surface area contributed by atoms with Crippen LogP contribution in [-0.2, 0) is 6.42 Å². The molecule has 2 aromatic carbocycles. The molecule has 1 aliphatic carbocycles. The van der Waals surface area contributed by atoms with Gasteiger partial charge in [-0.1, -0.05) is 54.2 Å². The van der Waals surface area contributed by atoms with Gasteiger partial charge in [-0.05, 0) is 24.6 Å². The van der Waals surface area contributed by atoms with E-state index in [1.807, 2.05) is 36.4 Å². The van der Waals surface area contributed by atoms with Gasteiger partial charge in [-0.25, -0.2) is 4.98 Å². The van der Waals surface area contributed by atoms with Crippen molar-refractivity contribution in [1.29, 1.82) is 0 Å². The third-order valence-electron chi connectivity index (χ3n) is 4.86. The molecule has 25 heavy (non-hydrogen) atoms. The highest BCUT2D eigenvalue weighted by Crippen LogP contribution is 2.48. The van der Waals surface area contributed by atoms with E-state index in [1.54, 1.807) is 11.8 Å². The van der Waals surface area contributed by atoms with Gasteiger partial charge in [0.1, 0.15) is 5.82 Å². The largest absolute Gasteiger partial charge is 0.320 e. The number of rotatable bonds is 1. The van der Waals surface area contributed by atoms with Crippen LogP contribution < -0.4 is 4.90 Å². The number of para-hydroxylation sites is 1. The number of Topliss-reactive ketones (excluding diaryl/α,β-unsaturated/α-hetero) is 1. The fraction of sp³-hybridized carbons (Fsp3) is 0.143. The van der Waals surface area contributed by atoms with Crippen molar-refractivity contribution in [2.45, 2.75) is 18.2 Å². The minimum Gasteiger partial charge on any atom is -0.320 e. The lowest BCUT2D eigenvalue weighted by Crippen LogP contribution is -2.20. The third kappa shape index (κ3) is 2.14. The number of fused-ring (bicyclic) bond motifs is 3. The SMILES string of the molecule is CCN1/C(=C2\Cc3ccccc3C2=O)Sc2cc3ccccc3nc21. The number of aromatic nitrogens is 1. The monoisotopic (exact) mass is 344 g/mol. The maximum Gasteiger partial charge on any atom is 0.192 e. The summed E-state index contributed by atoms with van der Waals surface area (Å²) in [7, 11) is 0. The number of anilines is 1. The maximum atomic E-state index is 12.9. The zero-order valence-electron chi connectivity index (χ0n) is 13.8. The summed E-state index contributed by atoms with van der Waals surface area (Å²) in [5.41, 5.74) is 3.86. The highest BCUT2D eigenvalue weighted by Gasteiger charge is 2.34. The van der Waals surface area contributed by atoms with Crippen molar-refractivity contribution in [3.8, 4) is 0 Å². The van der Waals surface area contributed by atoms with Crippen molar-refractivity contribution in [2.24, 2.45) is 0 Å². The molecule has 0 saturated heterocycles. The van der Waals surface area contributed by atoms with Crippen LogP contribution in [0, 0.1) is 0 Å². The zero-order valence-corrected chi connectivity index (χ0v) is 14.6. The van der Waals surface area contributed by atoms with Crippen LogP contribution in [0.5, 0.6) is 0 Å². The molecule has 0 spiro atoms. The van der Waals surface area contributed by atoms with Crippen LogP contribution in [0.15, 0.2) is 70.1 Å². The molecule has 4 heteroatoms. The molecule has 0 radical (unpaired) electrons. The second-order valence-electron chi connectivity index (χ2n) is 6.30. The van der Waals surface area contributed by atoms with E-state index < -0.39 is 0 Å². The average molecular weight is 344 g/mol. The van der Waals surface area contributed by atoms with Crippen LogP contribution in [0.3, 0.4) is 0 Å². The Morgan fingerprint density at radius 2 is 1.92 bits per heavy atom. The molecule has 0 fully saturated rings. The number of hydrogen-bond donors (Lipinski definition) is 0. The third-order valence-corrected chi connectivity index (χ3v) is 6.04. The Morgan fingerprint density at radius 3 is 2.76 bits per heavy atom. The lowest BCUT2D eigenvalue weighted by atomic mass is 10.1. The summed E-state index contributed by atoms with van der Waals surface area (Å²) < 4.78 is 0. The lowest BCUT2D eigenvalue weighted by molar-refractivity contribution is 0.103. The van der Waals surface area contributed by atoms with Crippen molar-refractivity contribution in [3.05, 3.63) is 76.3 Å². The van der Waals surface area contributed by atoms with E-state index in [-0.39, 0.29) is 5.78 Å². The van der Waals surface area contributed by atoms with Gasteiger partial charge in [-0.15, -0.1) is 0 Å². The van der Waals surface area contributed by atoms with Crippen molar-refractivity contribution in [1.82, 2.24) is 4.98 Å². The molecule has 0 amide bonds. The van der Waals surface area contributed by atoms with Gasteiger partial charge < -0.3 is 4.90 Å². The topological polar surface area (TPSA) is 33.2 Å². The molecule has 0 unspecified atom stereocenters. The summed E-state index contributed by atoms with van der Waals surface area (Å²) in [5.74, 6) is 1.13. The molecular formula is C21H16N2OS. The predicted octanol–water partition coefficient (Wildman–Crippen LogP) is 4.82. The van der Waals surface area contributed by atoms with E-state index in [9.17, 15) is 4.79 Å². The number of ketones is 1. The summed E-state index contributed by atoms with van der Waals surface area (Å²) in [6.45, 7) is 2.91. The van der Waals surface area contributed by atoms with Crippen molar-refractivity contribution in [2.75, 3.05) is 11.4 Å². The number of thioether (sulfide) groups is 1. The van der Waals surface area contributed by atoms with Gasteiger partial charge in [0.25, 0.3) is 0 Å². The molecule has 3 nitrogen and oxygen atoms in total. The van der Waals surface area contributed by atoms with Gasteiger partial charge in [-0.2, -0.15) is 0 Å². The fourth-order valence-electron chi connectivity index (χ4n) is 3.63. The molecule has 5 rings (SSSR count). The quantitative estimate of drug-likeness (QED) is 0.593. The molecular weight excluding hydrogens is 328 g/mol. The predicted molar refractivity (Wildman–Crippen MR) is 102 cm³/mol. The van der Waals surface area contributed by atoms with E-state index in [1.165, 1.54) is 0 Å². The summed E-state index contributed by atoms with van der Waals surface area (Å²) >= 11 is 1.68. The van der Waals surface area contributed by atoms with Gasteiger partial charge in [0.05, 0.1) is 15.4 Å². The van der Waals surface area contributed by atoms with Gasteiger partial charge in [0.15, 0.2) is 5.78 Å². The van der Waals surface area contributed by atoms with Crippen molar-refractivity contribution >= 4 is 34.3 Å². The molecule has 0 bridgehead atoms. The van der Waals surface area contributed by atoms with Crippen LogP contribution in [0.1, 0.15) is 22.8 Å². The number of pyridine rings is 1. The van der Waals surface area contributed by atoms with Gasteiger partial charge in [-0.3, -0.25) is 4.79 Å². The second-order valence-corrected chi connectivity index (χ2v) is 7.33. The molecule has 0 atom stereocenters. The van der Waals surface area contributed by atoms with Crippen molar-refractivity contribution < 1.29 is 4.79 Å². The van der Waals surface area contributed by atoms with Crippen LogP contribution in [0.2, 0.25) is 0 Å². The zero-order chi connectivity index (χ0) is 17.0. The standard InChI is InChI=1S/C21H16N2OS/c1-2-23-20-18(12-14-8-4-6-10-17(14)22-20)25-21(23)16-11-13-7-3-5-9-15(13)19(16)24/h3-10,12H,2,11H2,1H3/b21-16-.